The third-order valence-electron chi connectivity index (χ3n) is 3.53. The molecule has 0 aromatic carbocycles. The lowest BCUT2D eigenvalue weighted by Crippen LogP contribution is -2.21. The molecule has 16 heavy (non-hydrogen) atoms. The van der Waals surface area contributed by atoms with E-state index in [0.29, 0.717) is 6.04 Å². The van der Waals surface area contributed by atoms with Crippen LogP contribution in [0.1, 0.15) is 44.0 Å². The predicted molar refractivity (Wildman–Crippen MR) is 63.6 cm³/mol. The van der Waals surface area contributed by atoms with E-state index in [1.165, 1.54) is 12.2 Å². The van der Waals surface area contributed by atoms with Gasteiger partial charge in [-0.2, -0.15) is 11.8 Å². The molecule has 4 nitrogen and oxygen atoms in total. The van der Waals surface area contributed by atoms with E-state index >= 15 is 0 Å². The van der Waals surface area contributed by atoms with E-state index < -0.39 is 0 Å². The first-order valence-electron chi connectivity index (χ1n) is 5.93. The quantitative estimate of drug-likeness (QED) is 0.854. The maximum atomic E-state index is 5.86. The van der Waals surface area contributed by atoms with Crippen molar-refractivity contribution in [3.8, 4) is 0 Å². The fraction of sp³-hybridized carbons (Fsp3) is 0.818. The highest BCUT2D eigenvalue weighted by molar-refractivity contribution is 7.99. The molecule has 0 spiro atoms. The van der Waals surface area contributed by atoms with Gasteiger partial charge in [-0.25, -0.2) is 0 Å². The number of rotatable bonds is 2. The van der Waals surface area contributed by atoms with E-state index in [1.807, 2.05) is 11.8 Å². The van der Waals surface area contributed by atoms with Crippen LogP contribution in [0.3, 0.4) is 0 Å². The number of thioether (sulfide) groups is 1. The second-order valence-electron chi connectivity index (χ2n) is 4.96. The molecular formula is C11H17N3OS. The van der Waals surface area contributed by atoms with Crippen molar-refractivity contribution in [3.63, 3.8) is 0 Å². The van der Waals surface area contributed by atoms with E-state index in [0.717, 1.165) is 36.9 Å². The third kappa shape index (κ3) is 1.76. The van der Waals surface area contributed by atoms with E-state index in [1.54, 1.807) is 0 Å². The van der Waals surface area contributed by atoms with Gasteiger partial charge in [-0.15, -0.1) is 10.2 Å². The first-order valence-corrected chi connectivity index (χ1v) is 7.08. The summed E-state index contributed by atoms with van der Waals surface area (Å²) >= 11 is 1.97. The molecule has 2 unspecified atom stereocenters. The summed E-state index contributed by atoms with van der Waals surface area (Å²) in [7, 11) is 0. The minimum atomic E-state index is 0.106. The molecule has 2 aliphatic rings. The Kier molecular flexibility index (Phi) is 2.67. The number of hydrogen-bond acceptors (Lipinski definition) is 5. The van der Waals surface area contributed by atoms with Gasteiger partial charge in [0.05, 0.1) is 11.5 Å². The average Bonchev–Trinajstić information content (AvgIpc) is 2.98. The van der Waals surface area contributed by atoms with Gasteiger partial charge in [0, 0.05) is 5.75 Å². The van der Waals surface area contributed by atoms with Crippen molar-refractivity contribution in [1.82, 2.24) is 15.5 Å². The lowest BCUT2D eigenvalue weighted by atomic mass is 9.90. The van der Waals surface area contributed by atoms with E-state index in [-0.39, 0.29) is 5.41 Å². The van der Waals surface area contributed by atoms with Crippen LogP contribution in [0.4, 0.5) is 0 Å². The lowest BCUT2D eigenvalue weighted by molar-refractivity contribution is 0.338. The number of nitrogens with one attached hydrogen (secondary N) is 1. The first-order chi connectivity index (χ1) is 7.78. The van der Waals surface area contributed by atoms with Crippen LogP contribution in [0.2, 0.25) is 0 Å². The van der Waals surface area contributed by atoms with Gasteiger partial charge < -0.3 is 9.73 Å². The number of hydrogen-bond donors (Lipinski definition) is 1. The lowest BCUT2D eigenvalue weighted by Gasteiger charge is -2.16. The van der Waals surface area contributed by atoms with Crippen molar-refractivity contribution in [2.75, 3.05) is 18.1 Å². The highest BCUT2D eigenvalue weighted by Crippen LogP contribution is 2.38. The summed E-state index contributed by atoms with van der Waals surface area (Å²) in [5.41, 5.74) is 0.106. The predicted octanol–water partition coefficient (Wildman–Crippen LogP) is 1.89. The summed E-state index contributed by atoms with van der Waals surface area (Å²) in [5, 5.41) is 11.8. The molecule has 0 amide bonds. The second-order valence-corrected chi connectivity index (χ2v) is 6.06. The molecule has 0 aliphatic carbocycles. The molecule has 2 saturated heterocycles. The van der Waals surface area contributed by atoms with Crippen molar-refractivity contribution in [2.24, 2.45) is 0 Å². The smallest absolute Gasteiger partial charge is 0.233 e. The highest BCUT2D eigenvalue weighted by Gasteiger charge is 2.37. The zero-order chi connectivity index (χ0) is 11.0. The molecule has 0 bridgehead atoms. The van der Waals surface area contributed by atoms with Gasteiger partial charge in [-0.1, -0.05) is 0 Å². The Hall–Kier alpha value is -0.550. The normalized spacial score (nSPS) is 34.7. The summed E-state index contributed by atoms with van der Waals surface area (Å²) in [5.74, 6) is 3.93. The molecule has 2 fully saturated rings. The Morgan fingerprint density at radius 3 is 3.12 bits per heavy atom. The molecular weight excluding hydrogens is 222 g/mol. The van der Waals surface area contributed by atoms with Crippen LogP contribution in [0.5, 0.6) is 0 Å². The molecule has 1 aromatic rings. The molecule has 2 aliphatic heterocycles. The Morgan fingerprint density at radius 1 is 1.50 bits per heavy atom. The molecule has 1 N–H and O–H groups in total. The summed E-state index contributed by atoms with van der Waals surface area (Å²) in [6.07, 6.45) is 3.47. The van der Waals surface area contributed by atoms with E-state index in [9.17, 15) is 0 Å². The molecule has 3 rings (SSSR count). The molecule has 3 heterocycles. The zero-order valence-electron chi connectivity index (χ0n) is 9.53. The Labute approximate surface area is 99.6 Å². The van der Waals surface area contributed by atoms with Crippen LogP contribution in [0, 0.1) is 0 Å². The average molecular weight is 239 g/mol. The van der Waals surface area contributed by atoms with E-state index in [2.05, 4.69) is 22.4 Å². The highest BCUT2D eigenvalue weighted by atomic mass is 32.2. The van der Waals surface area contributed by atoms with Crippen LogP contribution in [0.25, 0.3) is 0 Å². The van der Waals surface area contributed by atoms with Crippen LogP contribution in [-0.2, 0) is 5.41 Å². The fourth-order valence-electron chi connectivity index (χ4n) is 2.35. The molecule has 2 atom stereocenters. The number of aromatic nitrogens is 2. The summed E-state index contributed by atoms with van der Waals surface area (Å²) in [6, 6.07) is 0.291. The monoisotopic (exact) mass is 239 g/mol. The summed E-state index contributed by atoms with van der Waals surface area (Å²) in [4.78, 5) is 0. The topological polar surface area (TPSA) is 51.0 Å². The SMILES string of the molecule is CC1(c2nnc(C3CCCN3)o2)CCSC1. The van der Waals surface area contributed by atoms with Crippen molar-refractivity contribution in [3.05, 3.63) is 11.8 Å². The number of nitrogens with zero attached hydrogens (tertiary/aromatic N) is 2. The molecule has 0 radical (unpaired) electrons. The van der Waals surface area contributed by atoms with Crippen molar-refractivity contribution in [1.29, 1.82) is 0 Å². The zero-order valence-corrected chi connectivity index (χ0v) is 10.3. The molecule has 0 saturated carbocycles. The van der Waals surface area contributed by atoms with Crippen LogP contribution < -0.4 is 5.32 Å². The molecule has 88 valence electrons. The summed E-state index contributed by atoms with van der Waals surface area (Å²) in [6.45, 7) is 3.29. The van der Waals surface area contributed by atoms with Crippen molar-refractivity contribution in [2.45, 2.75) is 37.6 Å². The van der Waals surface area contributed by atoms with Gasteiger partial charge in [-0.05, 0) is 38.5 Å². The van der Waals surface area contributed by atoms with Gasteiger partial charge in [0.15, 0.2) is 0 Å². The van der Waals surface area contributed by atoms with Crippen LogP contribution in [0.15, 0.2) is 4.42 Å². The van der Waals surface area contributed by atoms with Gasteiger partial charge in [0.1, 0.15) is 0 Å². The maximum absolute atomic E-state index is 5.86. The fourth-order valence-corrected chi connectivity index (χ4v) is 3.81. The van der Waals surface area contributed by atoms with Crippen molar-refractivity contribution < 1.29 is 4.42 Å². The van der Waals surface area contributed by atoms with Crippen LogP contribution in [-0.4, -0.2) is 28.2 Å². The molecule has 5 heteroatoms. The van der Waals surface area contributed by atoms with Gasteiger partial charge in [-0.3, -0.25) is 0 Å². The first kappa shape index (κ1) is 10.6. The van der Waals surface area contributed by atoms with E-state index in [4.69, 9.17) is 4.42 Å². The van der Waals surface area contributed by atoms with Gasteiger partial charge >= 0.3 is 0 Å². The standard InChI is InChI=1S/C11H17N3OS/c1-11(4-6-16-7-11)10-14-13-9(15-10)8-3-2-5-12-8/h8,12H,2-7H2,1H3. The maximum Gasteiger partial charge on any atom is 0.233 e. The minimum Gasteiger partial charge on any atom is -0.423 e. The Balaban J connectivity index is 1.81. The van der Waals surface area contributed by atoms with Crippen LogP contribution >= 0.6 is 11.8 Å². The minimum absolute atomic E-state index is 0.106. The third-order valence-corrected chi connectivity index (χ3v) is 4.87. The molecule has 1 aromatic heterocycles. The Bertz CT molecular complexity index is 367. The van der Waals surface area contributed by atoms with Crippen molar-refractivity contribution >= 4 is 11.8 Å². The van der Waals surface area contributed by atoms with Gasteiger partial charge in [0.2, 0.25) is 11.8 Å². The van der Waals surface area contributed by atoms with Gasteiger partial charge in [0.25, 0.3) is 0 Å². The second kappa shape index (κ2) is 4.04. The largest absolute Gasteiger partial charge is 0.423 e. The summed E-state index contributed by atoms with van der Waals surface area (Å²) < 4.78 is 5.86. The Morgan fingerprint density at radius 2 is 2.44 bits per heavy atom.